The number of hydrogen-bond donors (Lipinski definition) is 1. The van der Waals surface area contributed by atoms with Crippen molar-refractivity contribution in [2.24, 2.45) is 5.92 Å². The van der Waals surface area contributed by atoms with Gasteiger partial charge in [0.25, 0.3) is 0 Å². The van der Waals surface area contributed by atoms with Crippen LogP contribution in [-0.2, 0) is 0 Å². The number of benzene rings is 1. The van der Waals surface area contributed by atoms with Gasteiger partial charge in [-0.2, -0.15) is 5.26 Å². The van der Waals surface area contributed by atoms with Crippen molar-refractivity contribution >= 4 is 11.6 Å². The molecule has 1 aliphatic carbocycles. The zero-order valence-electron chi connectivity index (χ0n) is 10.7. The normalized spacial score (nSPS) is 25.4. The molecule has 0 radical (unpaired) electrons. The predicted octanol–water partition coefficient (Wildman–Crippen LogP) is 4.07. The van der Waals surface area contributed by atoms with Gasteiger partial charge in [-0.05, 0) is 31.4 Å². The molecule has 0 saturated heterocycles. The molecular weight excluding hydrogens is 244 g/mol. The molecule has 3 heteroatoms. The second-order valence-electron chi connectivity index (χ2n) is 5.04. The van der Waals surface area contributed by atoms with E-state index in [1.54, 1.807) is 0 Å². The van der Waals surface area contributed by atoms with E-state index < -0.39 is 0 Å². The van der Waals surface area contributed by atoms with Crippen molar-refractivity contribution < 1.29 is 0 Å². The molecule has 0 spiro atoms. The summed E-state index contributed by atoms with van der Waals surface area (Å²) in [6, 6.07) is 10.8. The lowest BCUT2D eigenvalue weighted by molar-refractivity contribution is 0.292. The van der Waals surface area contributed by atoms with Crippen molar-refractivity contribution in [3.63, 3.8) is 0 Å². The van der Waals surface area contributed by atoms with E-state index in [-0.39, 0.29) is 12.0 Å². The summed E-state index contributed by atoms with van der Waals surface area (Å²) in [4.78, 5) is 0. The van der Waals surface area contributed by atoms with E-state index in [0.717, 1.165) is 23.4 Å². The van der Waals surface area contributed by atoms with Crippen molar-refractivity contribution in [1.82, 2.24) is 5.32 Å². The smallest absolute Gasteiger partial charge is 0.0672 e. The molecule has 1 N–H and O–H groups in total. The van der Waals surface area contributed by atoms with Gasteiger partial charge in [-0.15, -0.1) is 0 Å². The first-order chi connectivity index (χ1) is 8.72. The first-order valence-corrected chi connectivity index (χ1v) is 7.00. The van der Waals surface area contributed by atoms with Crippen LogP contribution >= 0.6 is 11.6 Å². The second kappa shape index (κ2) is 6.22. The summed E-state index contributed by atoms with van der Waals surface area (Å²) in [6.45, 7) is 2.12. The lowest BCUT2D eigenvalue weighted by Gasteiger charge is -2.30. The summed E-state index contributed by atoms with van der Waals surface area (Å²) in [5.74, 6) is 0.142. The van der Waals surface area contributed by atoms with Crippen LogP contribution in [0.2, 0.25) is 5.02 Å². The predicted molar refractivity (Wildman–Crippen MR) is 74.4 cm³/mol. The zero-order valence-corrected chi connectivity index (χ0v) is 11.5. The van der Waals surface area contributed by atoms with Crippen LogP contribution in [0.3, 0.4) is 0 Å². The maximum atomic E-state index is 9.18. The topological polar surface area (TPSA) is 35.8 Å². The Morgan fingerprint density at radius 3 is 2.78 bits per heavy atom. The summed E-state index contributed by atoms with van der Waals surface area (Å²) < 4.78 is 0. The highest BCUT2D eigenvalue weighted by molar-refractivity contribution is 6.31. The summed E-state index contributed by atoms with van der Waals surface area (Å²) in [5, 5.41) is 13.5. The third kappa shape index (κ3) is 3.04. The van der Waals surface area contributed by atoms with Gasteiger partial charge >= 0.3 is 0 Å². The quantitative estimate of drug-likeness (QED) is 0.891. The summed E-state index contributed by atoms with van der Waals surface area (Å²) in [6.07, 6.45) is 4.50. The van der Waals surface area contributed by atoms with Crippen LogP contribution in [0.15, 0.2) is 24.3 Å². The SMILES string of the molecule is CC(NC1CCCCC1C#N)c1ccccc1Cl. The molecule has 3 atom stereocenters. The monoisotopic (exact) mass is 262 g/mol. The Bertz CT molecular complexity index is 438. The number of nitrogens with zero attached hydrogens (tertiary/aromatic N) is 1. The van der Waals surface area contributed by atoms with Crippen LogP contribution in [0.4, 0.5) is 0 Å². The third-order valence-corrected chi connectivity index (χ3v) is 4.11. The molecule has 2 rings (SSSR count). The molecule has 0 aliphatic heterocycles. The van der Waals surface area contributed by atoms with E-state index >= 15 is 0 Å². The zero-order chi connectivity index (χ0) is 13.0. The van der Waals surface area contributed by atoms with Gasteiger partial charge in [0.15, 0.2) is 0 Å². The van der Waals surface area contributed by atoms with E-state index in [9.17, 15) is 5.26 Å². The summed E-state index contributed by atoms with van der Waals surface area (Å²) in [7, 11) is 0. The van der Waals surface area contributed by atoms with Crippen LogP contribution in [-0.4, -0.2) is 6.04 Å². The molecule has 0 amide bonds. The molecule has 3 unspecified atom stereocenters. The van der Waals surface area contributed by atoms with Crippen LogP contribution in [0.1, 0.15) is 44.2 Å². The number of rotatable bonds is 3. The highest BCUT2D eigenvalue weighted by atomic mass is 35.5. The van der Waals surface area contributed by atoms with Crippen LogP contribution in [0.25, 0.3) is 0 Å². The molecule has 96 valence electrons. The molecule has 2 nitrogen and oxygen atoms in total. The Balaban J connectivity index is 2.05. The van der Waals surface area contributed by atoms with E-state index in [1.165, 1.54) is 12.8 Å². The number of halogens is 1. The average Bonchev–Trinajstić information content (AvgIpc) is 2.39. The highest BCUT2D eigenvalue weighted by Crippen LogP contribution is 2.28. The first-order valence-electron chi connectivity index (χ1n) is 6.62. The number of nitrogens with one attached hydrogen (secondary N) is 1. The molecule has 18 heavy (non-hydrogen) atoms. The Morgan fingerprint density at radius 1 is 1.33 bits per heavy atom. The van der Waals surface area contributed by atoms with Crippen LogP contribution < -0.4 is 5.32 Å². The Kier molecular flexibility index (Phi) is 4.63. The number of hydrogen-bond acceptors (Lipinski definition) is 2. The molecule has 0 aromatic heterocycles. The molecule has 0 bridgehead atoms. The van der Waals surface area contributed by atoms with E-state index in [0.29, 0.717) is 6.04 Å². The van der Waals surface area contributed by atoms with Gasteiger partial charge in [0.2, 0.25) is 0 Å². The Labute approximate surface area is 114 Å². The summed E-state index contributed by atoms with van der Waals surface area (Å²) in [5.41, 5.74) is 1.11. The lowest BCUT2D eigenvalue weighted by Crippen LogP contribution is -2.39. The molecular formula is C15H19ClN2. The third-order valence-electron chi connectivity index (χ3n) is 3.77. The van der Waals surface area contributed by atoms with Crippen molar-refractivity contribution in [2.75, 3.05) is 0 Å². The van der Waals surface area contributed by atoms with Crippen LogP contribution in [0.5, 0.6) is 0 Å². The molecule has 1 aromatic rings. The molecule has 1 aliphatic rings. The second-order valence-corrected chi connectivity index (χ2v) is 5.44. The van der Waals surface area contributed by atoms with Gasteiger partial charge in [0, 0.05) is 17.1 Å². The number of nitriles is 1. The minimum atomic E-state index is 0.142. The molecule has 1 fully saturated rings. The Hall–Kier alpha value is -1.04. The summed E-state index contributed by atoms with van der Waals surface area (Å²) >= 11 is 6.20. The van der Waals surface area contributed by atoms with Gasteiger partial charge in [0.05, 0.1) is 12.0 Å². The van der Waals surface area contributed by atoms with Crippen molar-refractivity contribution in [3.8, 4) is 6.07 Å². The molecule has 0 heterocycles. The minimum absolute atomic E-state index is 0.142. The molecule has 1 aromatic carbocycles. The van der Waals surface area contributed by atoms with Crippen molar-refractivity contribution in [2.45, 2.75) is 44.7 Å². The van der Waals surface area contributed by atoms with Gasteiger partial charge in [-0.25, -0.2) is 0 Å². The maximum Gasteiger partial charge on any atom is 0.0672 e. The van der Waals surface area contributed by atoms with Gasteiger partial charge in [-0.1, -0.05) is 42.6 Å². The van der Waals surface area contributed by atoms with E-state index in [4.69, 9.17) is 11.6 Å². The fourth-order valence-electron chi connectivity index (χ4n) is 2.72. The molecule has 1 saturated carbocycles. The highest BCUT2D eigenvalue weighted by Gasteiger charge is 2.26. The van der Waals surface area contributed by atoms with Crippen molar-refractivity contribution in [1.29, 1.82) is 5.26 Å². The Morgan fingerprint density at radius 2 is 2.06 bits per heavy atom. The van der Waals surface area contributed by atoms with Crippen molar-refractivity contribution in [3.05, 3.63) is 34.9 Å². The van der Waals surface area contributed by atoms with Crippen LogP contribution in [0, 0.1) is 17.2 Å². The standard InChI is InChI=1S/C15H19ClN2/c1-11(13-7-3-4-8-14(13)16)18-15-9-5-2-6-12(15)10-17/h3-4,7-8,11-12,15,18H,2,5-6,9H2,1H3. The average molecular weight is 263 g/mol. The first kappa shape index (κ1) is 13.4. The van der Waals surface area contributed by atoms with E-state index in [2.05, 4.69) is 18.3 Å². The fourth-order valence-corrected chi connectivity index (χ4v) is 3.02. The fraction of sp³-hybridized carbons (Fsp3) is 0.533. The maximum absolute atomic E-state index is 9.18. The minimum Gasteiger partial charge on any atom is -0.306 e. The largest absolute Gasteiger partial charge is 0.306 e. The lowest BCUT2D eigenvalue weighted by atomic mass is 9.85. The van der Waals surface area contributed by atoms with E-state index in [1.807, 2.05) is 24.3 Å². The van der Waals surface area contributed by atoms with Gasteiger partial charge in [-0.3, -0.25) is 0 Å². The van der Waals surface area contributed by atoms with Gasteiger partial charge in [0.1, 0.15) is 0 Å². The van der Waals surface area contributed by atoms with Gasteiger partial charge < -0.3 is 5.32 Å².